The van der Waals surface area contributed by atoms with Crippen molar-refractivity contribution in [3.05, 3.63) is 11.6 Å². The fourth-order valence-electron chi connectivity index (χ4n) is 15.2. The van der Waals surface area contributed by atoms with Gasteiger partial charge in [0.15, 0.2) is 25.0 Å². The van der Waals surface area contributed by atoms with Crippen molar-refractivity contribution in [1.82, 2.24) is 0 Å². The van der Waals surface area contributed by atoms with E-state index in [1.807, 2.05) is 0 Å². The van der Waals surface area contributed by atoms with E-state index in [1.165, 1.54) is 12.7 Å². The summed E-state index contributed by atoms with van der Waals surface area (Å²) < 4.78 is 47.3. The number of carbonyl (C=O) groups excluding carboxylic acids is 2. The second kappa shape index (κ2) is 18.3. The van der Waals surface area contributed by atoms with Gasteiger partial charge >= 0.3 is 11.9 Å². The van der Waals surface area contributed by atoms with Crippen LogP contribution in [0.15, 0.2) is 11.6 Å². The normalized spacial score (nSPS) is 51.3. The summed E-state index contributed by atoms with van der Waals surface area (Å²) in [7, 11) is 2.63. The van der Waals surface area contributed by atoms with E-state index in [9.17, 15) is 50.4 Å². The Morgan fingerprint density at radius 1 is 0.642 bits per heavy atom. The molecule has 0 aromatic rings. The van der Waals surface area contributed by atoms with Gasteiger partial charge < -0.3 is 78.7 Å². The van der Waals surface area contributed by atoms with E-state index in [2.05, 4.69) is 54.5 Å². The second-order valence-corrected chi connectivity index (χ2v) is 23.4. The second-order valence-electron chi connectivity index (χ2n) is 23.4. The lowest BCUT2D eigenvalue weighted by Gasteiger charge is -2.71. The minimum atomic E-state index is -1.89. The summed E-state index contributed by atoms with van der Waals surface area (Å²) in [6.45, 7) is 14.9. The van der Waals surface area contributed by atoms with E-state index in [1.54, 1.807) is 0 Å². The monoisotopic (exact) mass is 955 g/mol. The fourth-order valence-corrected chi connectivity index (χ4v) is 15.2. The van der Waals surface area contributed by atoms with E-state index >= 15 is 0 Å². The first-order valence-electron chi connectivity index (χ1n) is 24.5. The van der Waals surface area contributed by atoms with Crippen LogP contribution in [0.4, 0.5) is 0 Å². The molecule has 0 amide bonds. The van der Waals surface area contributed by atoms with Crippen LogP contribution in [0, 0.1) is 50.2 Å². The third-order valence-electron chi connectivity index (χ3n) is 19.3. The lowest BCUT2D eigenvalue weighted by molar-refractivity contribution is -0.383. The lowest BCUT2D eigenvalue weighted by atomic mass is 9.33. The van der Waals surface area contributed by atoms with Gasteiger partial charge in [-0.1, -0.05) is 60.1 Å². The van der Waals surface area contributed by atoms with Crippen LogP contribution in [0.1, 0.15) is 113 Å². The van der Waals surface area contributed by atoms with Crippen molar-refractivity contribution < 1.29 is 88.3 Å². The Hall–Kier alpha value is -1.88. The highest BCUT2D eigenvalue weighted by Crippen LogP contribution is 2.76. The molecule has 18 nitrogen and oxygen atoms in total. The van der Waals surface area contributed by atoms with E-state index < -0.39 is 122 Å². The summed E-state index contributed by atoms with van der Waals surface area (Å²) in [5, 5.41) is 85.5. The van der Waals surface area contributed by atoms with Crippen molar-refractivity contribution in [2.24, 2.45) is 50.2 Å². The Morgan fingerprint density at radius 2 is 1.24 bits per heavy atom. The van der Waals surface area contributed by atoms with Crippen molar-refractivity contribution in [2.75, 3.05) is 27.4 Å². The van der Waals surface area contributed by atoms with E-state index in [-0.39, 0.29) is 39.5 Å². The molecule has 3 heterocycles. The van der Waals surface area contributed by atoms with Crippen LogP contribution in [0.5, 0.6) is 0 Å². The molecule has 22 atom stereocenters. The molecule has 7 fully saturated rings. The molecule has 3 aliphatic heterocycles. The topological polar surface area (TPSA) is 270 Å². The van der Waals surface area contributed by atoms with Crippen molar-refractivity contribution in [1.29, 1.82) is 0 Å². The number of carbonyl (C=O) groups is 2. The first-order chi connectivity index (χ1) is 31.4. The number of rotatable bonds is 10. The smallest absolute Gasteiger partial charge is 0.337 e. The molecule has 8 rings (SSSR count). The number of hydrogen-bond acceptors (Lipinski definition) is 18. The zero-order valence-electron chi connectivity index (χ0n) is 40.6. The molecule has 0 bridgehead atoms. The van der Waals surface area contributed by atoms with Gasteiger partial charge in [0.25, 0.3) is 0 Å². The average Bonchev–Trinajstić information content (AvgIpc) is 3.56. The molecule has 8 unspecified atom stereocenters. The molecule has 4 saturated carbocycles. The van der Waals surface area contributed by atoms with Gasteiger partial charge in [-0.25, -0.2) is 4.79 Å². The Balaban J connectivity index is 1.09. The summed E-state index contributed by atoms with van der Waals surface area (Å²) in [6, 6.07) is 0. The minimum absolute atomic E-state index is 0.0660. The maximum atomic E-state index is 13.8. The van der Waals surface area contributed by atoms with Crippen molar-refractivity contribution in [2.45, 2.75) is 205 Å². The molecule has 0 spiro atoms. The van der Waals surface area contributed by atoms with Gasteiger partial charge in [-0.2, -0.15) is 0 Å². The number of allylic oxidation sites excluding steroid dienone is 2. The Bertz CT molecular complexity index is 1860. The predicted octanol–water partition coefficient (Wildman–Crippen LogP) is 1.61. The van der Waals surface area contributed by atoms with Gasteiger partial charge in [0.05, 0.1) is 39.0 Å². The standard InChI is InChI=1S/C49H78O18/c1-44(2)16-18-49(43(59)61-9)19-17-47(6)23(24(49)20-44)10-11-28-46(5)14-13-29(45(3,4)27(46)12-15-48(28,47)7)64-42-37(66-41-34(56)32(54)30(52)25(21-50)62-41)35(57)36(38(67-42)39(58)60-8)65-40-33(55)31(53)26(22-51)63-40/h10,24-38,40-42,50-57H,11-22H2,1-9H3/t24?,25-,26+,27?,28?,29?,30+,31-,32-,33-,34-,35-,36+,37-,38+,40+,41+,42-,46?,47?,48?,49?/m1/s1. The van der Waals surface area contributed by atoms with Crippen LogP contribution < -0.4 is 0 Å². The number of aliphatic hydroxyl groups is 8. The van der Waals surface area contributed by atoms with Crippen LogP contribution in [0.2, 0.25) is 0 Å². The van der Waals surface area contributed by atoms with Gasteiger partial charge in [-0.15, -0.1) is 0 Å². The molecular weight excluding hydrogens is 877 g/mol. The molecule has 18 heteroatoms. The third kappa shape index (κ3) is 8.07. The Morgan fingerprint density at radius 3 is 1.85 bits per heavy atom. The SMILES string of the molecule is COC(=O)[C@H]1O[C@@H](OC2CCC3(C)C(CCC4(C)C3CC=C3C5CC(C)(C)CCC5(C(=O)OC)CCC34C)C2(C)C)[C@H](O[C@@H]2O[C@H](CO)[C@H](O)[C@@H](O)[C@H]2O)[C@H](O)[C@@H]1O[C@@H]1O[C@@H](CO)[C@@H](O)[C@H]1O. The van der Waals surface area contributed by atoms with Crippen LogP contribution in [0.3, 0.4) is 0 Å². The van der Waals surface area contributed by atoms with Crippen molar-refractivity contribution in [3.63, 3.8) is 0 Å². The average molecular weight is 955 g/mol. The van der Waals surface area contributed by atoms with Gasteiger partial charge in [0.2, 0.25) is 0 Å². The van der Waals surface area contributed by atoms with Crippen LogP contribution in [-0.2, 0) is 47.5 Å². The van der Waals surface area contributed by atoms with Gasteiger partial charge in [0.1, 0.15) is 61.0 Å². The number of methoxy groups -OCH3 is 2. The van der Waals surface area contributed by atoms with E-state index in [4.69, 9.17) is 37.9 Å². The maximum Gasteiger partial charge on any atom is 0.337 e. The summed E-state index contributed by atoms with van der Waals surface area (Å²) >= 11 is 0. The van der Waals surface area contributed by atoms with Crippen LogP contribution >= 0.6 is 0 Å². The molecule has 0 radical (unpaired) electrons. The summed E-state index contributed by atoms with van der Waals surface area (Å²) in [4.78, 5) is 27.3. The molecule has 3 saturated heterocycles. The minimum Gasteiger partial charge on any atom is -0.469 e. The summed E-state index contributed by atoms with van der Waals surface area (Å²) in [5.74, 6) is -0.496. The largest absolute Gasteiger partial charge is 0.469 e. The quantitative estimate of drug-likeness (QED) is 0.0878. The van der Waals surface area contributed by atoms with Gasteiger partial charge in [-0.3, -0.25) is 4.79 Å². The molecule has 382 valence electrons. The zero-order chi connectivity index (χ0) is 49.0. The number of fused-ring (bicyclic) bond motifs is 7. The van der Waals surface area contributed by atoms with Crippen molar-refractivity contribution >= 4 is 11.9 Å². The molecule has 8 N–H and O–H groups in total. The highest BCUT2D eigenvalue weighted by atomic mass is 16.8. The Kier molecular flexibility index (Phi) is 14.1. The highest BCUT2D eigenvalue weighted by Gasteiger charge is 2.70. The third-order valence-corrected chi connectivity index (χ3v) is 19.3. The first kappa shape index (κ1) is 51.5. The molecule has 67 heavy (non-hydrogen) atoms. The fraction of sp³-hybridized carbons (Fsp3) is 0.918. The maximum absolute atomic E-state index is 13.8. The van der Waals surface area contributed by atoms with Crippen LogP contribution in [-0.4, -0.2) is 172 Å². The summed E-state index contributed by atoms with van der Waals surface area (Å²) in [6.07, 6.45) is -12.8. The Labute approximate surface area is 393 Å². The molecule has 8 aliphatic rings. The van der Waals surface area contributed by atoms with Crippen molar-refractivity contribution in [3.8, 4) is 0 Å². The van der Waals surface area contributed by atoms with Gasteiger partial charge in [0, 0.05) is 0 Å². The predicted molar refractivity (Wildman–Crippen MR) is 234 cm³/mol. The number of esters is 2. The van der Waals surface area contributed by atoms with E-state index in [0.717, 1.165) is 64.9 Å². The molecule has 0 aromatic heterocycles. The van der Waals surface area contributed by atoms with Crippen LogP contribution in [0.25, 0.3) is 0 Å². The highest BCUT2D eigenvalue weighted by molar-refractivity contribution is 5.78. The number of ether oxygens (including phenoxy) is 8. The molecule has 5 aliphatic carbocycles. The number of hydrogen-bond donors (Lipinski definition) is 8. The molecular formula is C49H78O18. The lowest BCUT2D eigenvalue weighted by Crippen LogP contribution is -2.68. The zero-order valence-corrected chi connectivity index (χ0v) is 40.6. The first-order valence-corrected chi connectivity index (χ1v) is 24.5. The number of aliphatic hydroxyl groups excluding tert-OH is 8. The van der Waals surface area contributed by atoms with E-state index in [0.29, 0.717) is 12.3 Å². The summed E-state index contributed by atoms with van der Waals surface area (Å²) in [5.41, 5.74) is 0.162. The molecule has 0 aromatic carbocycles. The van der Waals surface area contributed by atoms with Gasteiger partial charge in [-0.05, 0) is 109 Å².